The molecule has 5 nitrogen and oxygen atoms in total. The zero-order valence-electron chi connectivity index (χ0n) is 15.0. The molecular weight excluding hydrogens is 306 g/mol. The Morgan fingerprint density at radius 1 is 1.17 bits per heavy atom. The van der Waals surface area contributed by atoms with Crippen molar-refractivity contribution in [1.29, 1.82) is 0 Å². The van der Waals surface area contributed by atoms with Gasteiger partial charge in [0, 0.05) is 25.9 Å². The van der Waals surface area contributed by atoms with E-state index in [9.17, 15) is 9.59 Å². The van der Waals surface area contributed by atoms with E-state index in [1.165, 1.54) is 12.5 Å². The Morgan fingerprint density at radius 2 is 1.83 bits per heavy atom. The van der Waals surface area contributed by atoms with Crippen molar-refractivity contribution in [3.63, 3.8) is 0 Å². The van der Waals surface area contributed by atoms with Gasteiger partial charge in [0.15, 0.2) is 5.60 Å². The number of carbonyl (C=O) groups excluding carboxylic acids is 2. The van der Waals surface area contributed by atoms with Crippen LogP contribution in [0.4, 0.5) is 0 Å². The predicted octanol–water partition coefficient (Wildman–Crippen LogP) is 3.13. The summed E-state index contributed by atoms with van der Waals surface area (Å²) in [6.45, 7) is 6.00. The molecule has 1 aliphatic rings. The molecule has 1 fully saturated rings. The second-order valence-corrected chi connectivity index (χ2v) is 6.82. The molecule has 0 aromatic heterocycles. The van der Waals surface area contributed by atoms with Crippen LogP contribution in [-0.2, 0) is 14.3 Å². The molecule has 24 heavy (non-hydrogen) atoms. The monoisotopic (exact) mass is 333 g/mol. The number of hydrogen-bond donors (Lipinski definition) is 0. The summed E-state index contributed by atoms with van der Waals surface area (Å²) in [7, 11) is 1.65. The van der Waals surface area contributed by atoms with Crippen molar-refractivity contribution in [3.8, 4) is 5.75 Å². The lowest BCUT2D eigenvalue weighted by Gasteiger charge is -2.32. The molecule has 0 N–H and O–H groups in total. The number of hydrogen-bond acceptors (Lipinski definition) is 4. The molecular formula is C19H27NO4. The van der Waals surface area contributed by atoms with Crippen molar-refractivity contribution in [2.45, 2.75) is 51.6 Å². The molecule has 0 saturated carbocycles. The molecule has 0 radical (unpaired) electrons. The Hall–Kier alpha value is -2.04. The van der Waals surface area contributed by atoms with Crippen molar-refractivity contribution in [2.75, 3.05) is 20.2 Å². The van der Waals surface area contributed by atoms with Gasteiger partial charge in [-0.05, 0) is 44.4 Å². The van der Waals surface area contributed by atoms with Crippen LogP contribution in [0.1, 0.15) is 51.5 Å². The van der Waals surface area contributed by atoms with E-state index in [4.69, 9.17) is 9.47 Å². The average molecular weight is 333 g/mol. The van der Waals surface area contributed by atoms with Crippen LogP contribution in [-0.4, -0.2) is 42.6 Å². The summed E-state index contributed by atoms with van der Waals surface area (Å²) in [5.41, 5.74) is 0.0847. The van der Waals surface area contributed by atoms with Gasteiger partial charge in [-0.15, -0.1) is 0 Å². The highest BCUT2D eigenvalue weighted by molar-refractivity contribution is 5.86. The number of carbonyl (C=O) groups is 2. The quantitative estimate of drug-likeness (QED) is 0.794. The zero-order valence-corrected chi connectivity index (χ0v) is 15.0. The summed E-state index contributed by atoms with van der Waals surface area (Å²) >= 11 is 0. The first-order valence-corrected chi connectivity index (χ1v) is 8.46. The number of amides is 1. The molecule has 0 spiro atoms. The smallest absolute Gasteiger partial charge is 0.303 e. The van der Waals surface area contributed by atoms with E-state index in [0.717, 1.165) is 25.0 Å². The van der Waals surface area contributed by atoms with E-state index in [-0.39, 0.29) is 11.8 Å². The maximum absolute atomic E-state index is 12.8. The number of likely N-dealkylation sites (tertiary alicyclic amines) is 1. The number of esters is 1. The third kappa shape index (κ3) is 4.49. The van der Waals surface area contributed by atoms with Crippen molar-refractivity contribution < 1.29 is 19.1 Å². The van der Waals surface area contributed by atoms with Crippen LogP contribution in [0.2, 0.25) is 0 Å². The lowest BCUT2D eigenvalue weighted by molar-refractivity contribution is -0.168. The largest absolute Gasteiger partial charge is 0.497 e. The Bertz CT molecular complexity index is 580. The van der Waals surface area contributed by atoms with Gasteiger partial charge in [0.05, 0.1) is 7.11 Å². The average Bonchev–Trinajstić information content (AvgIpc) is 2.79. The highest BCUT2D eigenvalue weighted by Crippen LogP contribution is 2.29. The fraction of sp³-hybridized carbons (Fsp3) is 0.579. The van der Waals surface area contributed by atoms with Gasteiger partial charge in [0.1, 0.15) is 5.75 Å². The van der Waals surface area contributed by atoms with Gasteiger partial charge in [0.2, 0.25) is 0 Å². The number of nitrogens with zero attached hydrogens (tertiary/aromatic N) is 1. The summed E-state index contributed by atoms with van der Waals surface area (Å²) in [4.78, 5) is 25.9. The number of methoxy groups -OCH3 is 1. The fourth-order valence-electron chi connectivity index (χ4n) is 3.26. The maximum Gasteiger partial charge on any atom is 0.303 e. The second-order valence-electron chi connectivity index (χ2n) is 6.82. The Balaban J connectivity index is 2.13. The van der Waals surface area contributed by atoms with Crippen LogP contribution in [0.3, 0.4) is 0 Å². The number of ether oxygens (including phenoxy) is 2. The number of benzene rings is 1. The summed E-state index contributed by atoms with van der Waals surface area (Å²) in [6.07, 6.45) is 3.09. The molecule has 1 amide bonds. The van der Waals surface area contributed by atoms with Crippen LogP contribution in [0.15, 0.2) is 24.3 Å². The minimum Gasteiger partial charge on any atom is -0.497 e. The molecule has 132 valence electrons. The van der Waals surface area contributed by atoms with Gasteiger partial charge in [-0.2, -0.15) is 0 Å². The van der Waals surface area contributed by atoms with Crippen LogP contribution < -0.4 is 4.74 Å². The topological polar surface area (TPSA) is 55.8 Å². The standard InChI is InChI=1S/C19H27NO4/c1-14(21)24-19(2,3)18(22)20-12-6-5-7-16(13-20)15-8-10-17(23-4)11-9-15/h8-11,16H,5-7,12-13H2,1-4H3/t16-/m0/s1. The predicted molar refractivity (Wildman–Crippen MR) is 92.0 cm³/mol. The van der Waals surface area contributed by atoms with Gasteiger partial charge in [-0.25, -0.2) is 0 Å². The molecule has 1 heterocycles. The molecule has 2 rings (SSSR count). The lowest BCUT2D eigenvalue weighted by atomic mass is 9.94. The second kappa shape index (κ2) is 7.69. The van der Waals surface area contributed by atoms with E-state index in [1.807, 2.05) is 17.0 Å². The molecule has 0 unspecified atom stereocenters. The maximum atomic E-state index is 12.8. The minimum absolute atomic E-state index is 0.127. The highest BCUT2D eigenvalue weighted by Gasteiger charge is 2.36. The van der Waals surface area contributed by atoms with Crippen LogP contribution in [0, 0.1) is 0 Å². The van der Waals surface area contributed by atoms with Crippen molar-refractivity contribution in [3.05, 3.63) is 29.8 Å². The van der Waals surface area contributed by atoms with Crippen LogP contribution in [0.25, 0.3) is 0 Å². The molecule has 1 atom stereocenters. The number of rotatable bonds is 4. The SMILES string of the molecule is COc1ccc([C@H]2CCCCN(C(=O)C(C)(C)OC(C)=O)C2)cc1. The minimum atomic E-state index is -1.12. The van der Waals surface area contributed by atoms with Gasteiger partial charge in [-0.3, -0.25) is 9.59 Å². The van der Waals surface area contributed by atoms with Crippen molar-refractivity contribution >= 4 is 11.9 Å². The Labute approximate surface area is 143 Å². The van der Waals surface area contributed by atoms with E-state index < -0.39 is 11.6 Å². The molecule has 0 bridgehead atoms. The van der Waals surface area contributed by atoms with E-state index in [0.29, 0.717) is 13.1 Å². The lowest BCUT2D eigenvalue weighted by Crippen LogP contribution is -2.48. The summed E-state index contributed by atoms with van der Waals surface area (Å²) in [6, 6.07) is 8.04. The van der Waals surface area contributed by atoms with Gasteiger partial charge in [0.25, 0.3) is 5.91 Å². The summed E-state index contributed by atoms with van der Waals surface area (Å²) in [5, 5.41) is 0. The Morgan fingerprint density at radius 3 is 2.42 bits per heavy atom. The van der Waals surface area contributed by atoms with E-state index >= 15 is 0 Å². The summed E-state index contributed by atoms with van der Waals surface area (Å²) < 4.78 is 10.4. The van der Waals surface area contributed by atoms with Crippen molar-refractivity contribution in [1.82, 2.24) is 4.90 Å². The first-order valence-electron chi connectivity index (χ1n) is 8.46. The highest BCUT2D eigenvalue weighted by atomic mass is 16.6. The first-order chi connectivity index (χ1) is 11.3. The van der Waals surface area contributed by atoms with E-state index in [2.05, 4.69) is 12.1 Å². The van der Waals surface area contributed by atoms with E-state index in [1.54, 1.807) is 21.0 Å². The first kappa shape index (κ1) is 18.3. The van der Waals surface area contributed by atoms with Crippen molar-refractivity contribution in [2.24, 2.45) is 0 Å². The van der Waals surface area contributed by atoms with Crippen LogP contribution >= 0.6 is 0 Å². The summed E-state index contributed by atoms with van der Waals surface area (Å²) in [5.74, 6) is 0.555. The molecule has 5 heteroatoms. The third-order valence-corrected chi connectivity index (χ3v) is 4.46. The Kier molecular flexibility index (Phi) is 5.86. The van der Waals surface area contributed by atoms with Gasteiger partial charge < -0.3 is 14.4 Å². The third-order valence-electron chi connectivity index (χ3n) is 4.46. The molecule has 1 saturated heterocycles. The fourth-order valence-corrected chi connectivity index (χ4v) is 3.26. The molecule has 1 aromatic rings. The molecule has 0 aliphatic carbocycles. The normalized spacial score (nSPS) is 18.7. The molecule has 1 aromatic carbocycles. The van der Waals surface area contributed by atoms with Gasteiger partial charge >= 0.3 is 5.97 Å². The van der Waals surface area contributed by atoms with Crippen LogP contribution in [0.5, 0.6) is 5.75 Å². The van der Waals surface area contributed by atoms with Gasteiger partial charge in [-0.1, -0.05) is 18.6 Å². The molecule has 1 aliphatic heterocycles. The zero-order chi connectivity index (χ0) is 17.7.